The molecule has 0 spiro atoms. The van der Waals surface area contributed by atoms with Crippen LogP contribution in [0.5, 0.6) is 17.2 Å². The third-order valence-corrected chi connectivity index (χ3v) is 3.34. The molecule has 0 saturated heterocycles. The summed E-state index contributed by atoms with van der Waals surface area (Å²) >= 11 is 5.97. The predicted octanol–water partition coefficient (Wildman–Crippen LogP) is 3.93. The topological polar surface area (TPSA) is 61.7 Å². The Balaban J connectivity index is 2.26. The summed E-state index contributed by atoms with van der Waals surface area (Å²) in [5.74, 6) is 0.655. The molecule has 0 heterocycles. The number of hydrogen-bond acceptors (Lipinski definition) is 4. The Hall–Kier alpha value is -2.07. The molecule has 5 heteroatoms. The number of aromatic hydroxyl groups is 2. The minimum atomic E-state index is -0.276. The fourth-order valence-corrected chi connectivity index (χ4v) is 2.25. The minimum Gasteiger partial charge on any atom is -0.507 e. The summed E-state index contributed by atoms with van der Waals surface area (Å²) in [6.45, 7) is 1.84. The second-order valence-electron chi connectivity index (χ2n) is 4.43. The lowest BCUT2D eigenvalue weighted by Crippen LogP contribution is -2.07. The molecule has 0 amide bonds. The molecule has 0 bridgehead atoms. The van der Waals surface area contributed by atoms with Gasteiger partial charge in [-0.15, -0.1) is 0 Å². The van der Waals surface area contributed by atoms with E-state index in [1.54, 1.807) is 31.4 Å². The molecular formula is C15H16ClNO3. The van der Waals surface area contributed by atoms with Crippen molar-refractivity contribution >= 4 is 17.3 Å². The third-order valence-electron chi connectivity index (χ3n) is 3.03. The van der Waals surface area contributed by atoms with Crippen molar-refractivity contribution in [1.29, 1.82) is 0 Å². The first-order valence-electron chi connectivity index (χ1n) is 6.14. The number of ether oxygens (including phenoxy) is 1. The number of methoxy groups -OCH3 is 1. The van der Waals surface area contributed by atoms with E-state index in [-0.39, 0.29) is 17.5 Å². The third kappa shape index (κ3) is 2.91. The van der Waals surface area contributed by atoms with Crippen LogP contribution in [0.2, 0.25) is 5.02 Å². The summed E-state index contributed by atoms with van der Waals surface area (Å²) in [6, 6.07) is 9.67. The van der Waals surface area contributed by atoms with Gasteiger partial charge in [0.15, 0.2) is 0 Å². The normalized spacial score (nSPS) is 11.9. The van der Waals surface area contributed by atoms with E-state index in [0.29, 0.717) is 16.3 Å². The summed E-state index contributed by atoms with van der Waals surface area (Å²) in [5.41, 5.74) is 1.22. The Morgan fingerprint density at radius 1 is 1.15 bits per heavy atom. The van der Waals surface area contributed by atoms with Crippen LogP contribution >= 0.6 is 11.6 Å². The van der Waals surface area contributed by atoms with Crippen molar-refractivity contribution in [2.45, 2.75) is 13.0 Å². The zero-order valence-electron chi connectivity index (χ0n) is 11.2. The number of anilines is 1. The zero-order valence-corrected chi connectivity index (χ0v) is 12.0. The van der Waals surface area contributed by atoms with Gasteiger partial charge < -0.3 is 20.3 Å². The summed E-state index contributed by atoms with van der Waals surface area (Å²) in [6.07, 6.45) is 0. The Labute approximate surface area is 122 Å². The van der Waals surface area contributed by atoms with Crippen LogP contribution in [-0.4, -0.2) is 17.3 Å². The smallest absolute Gasteiger partial charge is 0.139 e. The Morgan fingerprint density at radius 2 is 1.80 bits per heavy atom. The number of halogens is 1. The van der Waals surface area contributed by atoms with Crippen LogP contribution in [0.15, 0.2) is 36.4 Å². The average Bonchev–Trinajstić information content (AvgIpc) is 2.40. The average molecular weight is 294 g/mol. The largest absolute Gasteiger partial charge is 0.507 e. The number of nitrogens with one attached hydrogen (secondary N) is 1. The van der Waals surface area contributed by atoms with Crippen LogP contribution in [-0.2, 0) is 0 Å². The Bertz CT molecular complexity index is 596. The first kappa shape index (κ1) is 14.3. The predicted molar refractivity (Wildman–Crippen MR) is 79.8 cm³/mol. The van der Waals surface area contributed by atoms with Gasteiger partial charge in [0, 0.05) is 11.8 Å². The van der Waals surface area contributed by atoms with Gasteiger partial charge in [-0.05, 0) is 31.2 Å². The van der Waals surface area contributed by atoms with E-state index < -0.39 is 0 Å². The van der Waals surface area contributed by atoms with Gasteiger partial charge in [-0.3, -0.25) is 0 Å². The second kappa shape index (κ2) is 5.92. The summed E-state index contributed by atoms with van der Waals surface area (Å²) < 4.78 is 5.15. The van der Waals surface area contributed by atoms with E-state index >= 15 is 0 Å². The quantitative estimate of drug-likeness (QED) is 0.799. The lowest BCUT2D eigenvalue weighted by molar-refractivity contribution is 0.415. The molecule has 0 radical (unpaired) electrons. The lowest BCUT2D eigenvalue weighted by Gasteiger charge is -2.18. The van der Waals surface area contributed by atoms with Gasteiger partial charge in [-0.1, -0.05) is 17.7 Å². The van der Waals surface area contributed by atoms with E-state index in [9.17, 15) is 10.2 Å². The first-order valence-corrected chi connectivity index (χ1v) is 6.51. The van der Waals surface area contributed by atoms with Crippen LogP contribution in [0.1, 0.15) is 18.5 Å². The molecule has 0 aliphatic heterocycles. The van der Waals surface area contributed by atoms with Crippen molar-refractivity contribution < 1.29 is 14.9 Å². The van der Waals surface area contributed by atoms with E-state index in [1.165, 1.54) is 12.1 Å². The van der Waals surface area contributed by atoms with E-state index in [1.807, 2.05) is 6.92 Å². The lowest BCUT2D eigenvalue weighted by atomic mass is 10.1. The van der Waals surface area contributed by atoms with Crippen molar-refractivity contribution in [2.24, 2.45) is 0 Å². The molecule has 0 aromatic heterocycles. The summed E-state index contributed by atoms with van der Waals surface area (Å²) in [7, 11) is 1.54. The van der Waals surface area contributed by atoms with Crippen LogP contribution in [0.3, 0.4) is 0 Å². The number of phenols is 2. The Kier molecular flexibility index (Phi) is 4.25. The van der Waals surface area contributed by atoms with Gasteiger partial charge >= 0.3 is 0 Å². The number of phenolic OH excluding ortho intramolecular Hbond substituents is 2. The molecule has 3 N–H and O–H groups in total. The maximum absolute atomic E-state index is 9.84. The highest BCUT2D eigenvalue weighted by atomic mass is 35.5. The minimum absolute atomic E-state index is 0.0472. The maximum atomic E-state index is 9.84. The highest BCUT2D eigenvalue weighted by molar-refractivity contribution is 6.32. The van der Waals surface area contributed by atoms with Gasteiger partial charge in [0.1, 0.15) is 17.2 Å². The fourth-order valence-electron chi connectivity index (χ4n) is 2.06. The number of rotatable bonds is 4. The molecule has 2 aromatic rings. The highest BCUT2D eigenvalue weighted by Gasteiger charge is 2.15. The van der Waals surface area contributed by atoms with E-state index in [2.05, 4.69) is 5.32 Å². The maximum Gasteiger partial charge on any atom is 0.139 e. The Morgan fingerprint density at radius 3 is 2.40 bits per heavy atom. The van der Waals surface area contributed by atoms with Gasteiger partial charge in [0.2, 0.25) is 0 Å². The van der Waals surface area contributed by atoms with Gasteiger partial charge in [0.25, 0.3) is 0 Å². The molecule has 0 saturated carbocycles. The monoisotopic (exact) mass is 293 g/mol. The fraction of sp³-hybridized carbons (Fsp3) is 0.200. The first-order chi connectivity index (χ1) is 9.52. The van der Waals surface area contributed by atoms with Crippen LogP contribution in [0, 0.1) is 0 Å². The second-order valence-corrected chi connectivity index (χ2v) is 4.83. The molecule has 0 aliphatic carbocycles. The van der Waals surface area contributed by atoms with E-state index in [0.717, 1.165) is 5.69 Å². The van der Waals surface area contributed by atoms with Gasteiger partial charge in [0.05, 0.1) is 23.7 Å². The standard InChI is InChI=1S/C15H16ClNO3/c1-9(15-12(18)4-3-5-13(15)19)17-10-6-7-11(16)14(8-10)20-2/h3-9,17-19H,1-2H3. The van der Waals surface area contributed by atoms with Crippen LogP contribution < -0.4 is 10.1 Å². The van der Waals surface area contributed by atoms with Crippen LogP contribution in [0.4, 0.5) is 5.69 Å². The molecule has 2 aromatic carbocycles. The molecule has 2 rings (SSSR count). The number of benzene rings is 2. The molecule has 4 nitrogen and oxygen atoms in total. The van der Waals surface area contributed by atoms with Crippen molar-refractivity contribution in [3.05, 3.63) is 47.0 Å². The zero-order chi connectivity index (χ0) is 14.7. The molecule has 106 valence electrons. The molecule has 1 atom stereocenters. The van der Waals surface area contributed by atoms with Gasteiger partial charge in [-0.25, -0.2) is 0 Å². The highest BCUT2D eigenvalue weighted by Crippen LogP contribution is 2.35. The molecular weight excluding hydrogens is 278 g/mol. The van der Waals surface area contributed by atoms with Crippen molar-refractivity contribution in [3.8, 4) is 17.2 Å². The SMILES string of the molecule is COc1cc(NC(C)c2c(O)cccc2O)ccc1Cl. The molecule has 1 unspecified atom stereocenters. The van der Waals surface area contributed by atoms with Crippen molar-refractivity contribution in [1.82, 2.24) is 0 Å². The molecule has 0 fully saturated rings. The summed E-state index contributed by atoms with van der Waals surface area (Å²) in [4.78, 5) is 0. The molecule has 20 heavy (non-hydrogen) atoms. The summed E-state index contributed by atoms with van der Waals surface area (Å²) in [5, 5.41) is 23.4. The van der Waals surface area contributed by atoms with E-state index in [4.69, 9.17) is 16.3 Å². The van der Waals surface area contributed by atoms with Crippen LogP contribution in [0.25, 0.3) is 0 Å². The molecule has 0 aliphatic rings. The van der Waals surface area contributed by atoms with Gasteiger partial charge in [-0.2, -0.15) is 0 Å². The number of hydrogen-bond donors (Lipinski definition) is 3. The van der Waals surface area contributed by atoms with Crippen molar-refractivity contribution in [2.75, 3.05) is 12.4 Å². The van der Waals surface area contributed by atoms with Crippen molar-refractivity contribution in [3.63, 3.8) is 0 Å².